The SMILES string of the molecule is CC(C)c1ccc(N(c2ccccc2)c2ccc3c(ccc4oc5ccc6cc(N(c7ccc(-c8ccc(N(c9ccc(C%10CCCCC%10)cc9)c9ccc%10c(ccc%11oc%12ccc%13cc(N(c%14ccccc%14)c%14ccc(C%15CCCCC%15)cc%14)ccc%13c%12c%11%10)c9)cc8)cc7)c7ccc(C(C)C)cc7)ccc6c5c43)c2)cc1. The van der Waals surface area contributed by atoms with Gasteiger partial charge in [0.05, 0.1) is 0 Å². The highest BCUT2D eigenvalue weighted by Gasteiger charge is 2.25. The fourth-order valence-corrected chi connectivity index (χ4v) is 18.6. The molecule has 6 heteroatoms. The van der Waals surface area contributed by atoms with Crippen LogP contribution < -0.4 is 19.6 Å². The molecule has 2 saturated carbocycles. The van der Waals surface area contributed by atoms with Gasteiger partial charge in [-0.2, -0.15) is 0 Å². The van der Waals surface area contributed by atoms with Crippen molar-refractivity contribution in [2.75, 3.05) is 19.6 Å². The van der Waals surface area contributed by atoms with E-state index in [-0.39, 0.29) is 0 Å². The lowest BCUT2D eigenvalue weighted by Gasteiger charge is -2.27. The highest BCUT2D eigenvalue weighted by Crippen LogP contribution is 2.49. The van der Waals surface area contributed by atoms with E-state index in [2.05, 4.69) is 375 Å². The van der Waals surface area contributed by atoms with Crippen molar-refractivity contribution in [2.24, 2.45) is 0 Å². The van der Waals surface area contributed by atoms with Crippen LogP contribution >= 0.6 is 0 Å². The Balaban J connectivity index is 0.627. The Kier molecular flexibility index (Phi) is 17.8. The molecule has 2 fully saturated rings. The lowest BCUT2D eigenvalue weighted by molar-refractivity contribution is 0.443. The largest absolute Gasteiger partial charge is 0.456 e. The highest BCUT2D eigenvalue weighted by molar-refractivity contribution is 6.28. The minimum absolute atomic E-state index is 0.408. The maximum atomic E-state index is 6.79. The van der Waals surface area contributed by atoms with Gasteiger partial charge in [0, 0.05) is 89.8 Å². The first-order valence-corrected chi connectivity index (χ1v) is 40.7. The number of hydrogen-bond donors (Lipinski definition) is 0. The Labute approximate surface area is 656 Å². The van der Waals surface area contributed by atoms with E-state index in [0.717, 1.165) is 150 Å². The van der Waals surface area contributed by atoms with Crippen molar-refractivity contribution in [1.29, 1.82) is 0 Å². The van der Waals surface area contributed by atoms with Crippen LogP contribution in [0.2, 0.25) is 0 Å². The zero-order valence-electron chi connectivity index (χ0n) is 64.2. The number of hydrogen-bond acceptors (Lipinski definition) is 6. The molecule has 0 saturated heterocycles. The van der Waals surface area contributed by atoms with Crippen molar-refractivity contribution in [3.63, 3.8) is 0 Å². The molecular formula is C106H90N4O2. The molecule has 18 aromatic rings. The van der Waals surface area contributed by atoms with Gasteiger partial charge in [-0.05, 0) is 296 Å². The van der Waals surface area contributed by atoms with Gasteiger partial charge in [-0.25, -0.2) is 0 Å². The maximum absolute atomic E-state index is 6.79. The maximum Gasteiger partial charge on any atom is 0.136 e. The first kappa shape index (κ1) is 68.6. The van der Waals surface area contributed by atoms with Crippen molar-refractivity contribution in [3.8, 4) is 11.1 Å². The second-order valence-corrected chi connectivity index (χ2v) is 32.0. The van der Waals surface area contributed by atoms with Gasteiger partial charge in [0.25, 0.3) is 0 Å². The molecule has 0 N–H and O–H groups in total. The molecule has 0 amide bonds. The third-order valence-electron chi connectivity index (χ3n) is 24.5. The smallest absolute Gasteiger partial charge is 0.136 e. The fraction of sp³-hybridized carbons (Fsp3) is 0.170. The van der Waals surface area contributed by atoms with Crippen LogP contribution in [0.1, 0.15) is 138 Å². The molecule has 2 aliphatic rings. The average Bonchev–Trinajstić information content (AvgIpc) is 1.56. The number of fused-ring (bicyclic) bond motifs is 14. The summed E-state index contributed by atoms with van der Waals surface area (Å²) in [6.07, 6.45) is 13.0. The van der Waals surface area contributed by atoms with E-state index in [0.29, 0.717) is 23.7 Å². The molecule has 2 heterocycles. The first-order valence-electron chi connectivity index (χ1n) is 40.7. The van der Waals surface area contributed by atoms with Crippen LogP contribution in [0.5, 0.6) is 0 Å². The minimum Gasteiger partial charge on any atom is -0.456 e. The highest BCUT2D eigenvalue weighted by atomic mass is 16.3. The molecule has 0 bridgehead atoms. The summed E-state index contributed by atoms with van der Waals surface area (Å²) >= 11 is 0. The fourth-order valence-electron chi connectivity index (χ4n) is 18.6. The topological polar surface area (TPSA) is 39.2 Å². The van der Waals surface area contributed by atoms with Crippen molar-refractivity contribution >= 4 is 155 Å². The van der Waals surface area contributed by atoms with Gasteiger partial charge in [0.2, 0.25) is 0 Å². The van der Waals surface area contributed by atoms with Crippen LogP contribution in [0.15, 0.2) is 336 Å². The zero-order chi connectivity index (χ0) is 74.9. The third-order valence-corrected chi connectivity index (χ3v) is 24.5. The molecule has 0 unspecified atom stereocenters. The molecule has 2 aliphatic carbocycles. The minimum atomic E-state index is 0.408. The van der Waals surface area contributed by atoms with Crippen LogP contribution in [0, 0.1) is 0 Å². The second kappa shape index (κ2) is 29.0. The van der Waals surface area contributed by atoms with Gasteiger partial charge in [-0.15, -0.1) is 0 Å². The van der Waals surface area contributed by atoms with E-state index in [9.17, 15) is 0 Å². The van der Waals surface area contributed by atoms with Crippen molar-refractivity contribution < 1.29 is 8.83 Å². The van der Waals surface area contributed by atoms with Crippen molar-refractivity contribution in [1.82, 2.24) is 0 Å². The monoisotopic (exact) mass is 1450 g/mol. The van der Waals surface area contributed by atoms with Crippen LogP contribution in [-0.2, 0) is 0 Å². The summed E-state index contributed by atoms with van der Waals surface area (Å²) in [7, 11) is 0. The molecular weight excluding hydrogens is 1360 g/mol. The molecule has 0 atom stereocenters. The molecule has 112 heavy (non-hydrogen) atoms. The number of para-hydroxylation sites is 2. The van der Waals surface area contributed by atoms with Gasteiger partial charge in [0.15, 0.2) is 0 Å². The third kappa shape index (κ3) is 12.6. The summed E-state index contributed by atoms with van der Waals surface area (Å²) in [5, 5.41) is 13.8. The summed E-state index contributed by atoms with van der Waals surface area (Å²) < 4.78 is 13.5. The molecule has 2 aromatic heterocycles. The second-order valence-electron chi connectivity index (χ2n) is 32.0. The Morgan fingerprint density at radius 1 is 0.232 bits per heavy atom. The molecule has 546 valence electrons. The number of benzene rings is 16. The van der Waals surface area contributed by atoms with Crippen LogP contribution in [-0.4, -0.2) is 0 Å². The van der Waals surface area contributed by atoms with Crippen LogP contribution in [0.4, 0.5) is 68.2 Å². The Morgan fingerprint density at radius 2 is 0.473 bits per heavy atom. The summed E-state index contributed by atoms with van der Waals surface area (Å²) in [6.45, 7) is 9.02. The number of furan rings is 2. The van der Waals surface area contributed by atoms with Crippen molar-refractivity contribution in [3.05, 3.63) is 350 Å². The van der Waals surface area contributed by atoms with Crippen LogP contribution in [0.25, 0.3) is 98.1 Å². The van der Waals surface area contributed by atoms with Gasteiger partial charge >= 0.3 is 0 Å². The molecule has 0 radical (unpaired) electrons. The number of nitrogens with zero attached hydrogens (tertiary/aromatic N) is 4. The molecule has 6 nitrogen and oxygen atoms in total. The number of rotatable bonds is 17. The van der Waals surface area contributed by atoms with E-state index in [1.807, 2.05) is 0 Å². The lowest BCUT2D eigenvalue weighted by Crippen LogP contribution is -2.11. The zero-order valence-corrected chi connectivity index (χ0v) is 64.2. The van der Waals surface area contributed by atoms with Crippen LogP contribution in [0.3, 0.4) is 0 Å². The predicted octanol–water partition coefficient (Wildman–Crippen LogP) is 32.0. The van der Waals surface area contributed by atoms with Gasteiger partial charge in [-0.3, -0.25) is 0 Å². The normalized spacial score (nSPS) is 13.8. The van der Waals surface area contributed by atoms with Gasteiger partial charge in [0.1, 0.15) is 22.3 Å². The quantitative estimate of drug-likeness (QED) is 0.0905. The molecule has 0 spiro atoms. The van der Waals surface area contributed by atoms with E-state index in [1.54, 1.807) is 0 Å². The number of anilines is 12. The van der Waals surface area contributed by atoms with E-state index in [4.69, 9.17) is 8.83 Å². The molecule has 16 aromatic carbocycles. The average molecular weight is 1450 g/mol. The molecule has 20 rings (SSSR count). The van der Waals surface area contributed by atoms with Gasteiger partial charge < -0.3 is 28.4 Å². The van der Waals surface area contributed by atoms with E-state index in [1.165, 1.54) is 103 Å². The standard InChI is InChI=1S/C106H90N4O2/c1-69(2)71-25-41-85(42-26-71)107(83-21-13-7-14-22-83)91-53-57-95-79(65-91)37-61-99-103(95)105-97-59-55-93(67-81(97)39-63-101(105)111-99)109(86-43-27-72(28-44-86)70(3)4)89-49-33-77(34-50-89)78-35-51-90(52-36-78)110(88-47-31-76(32-48-88)74-19-11-6-12-20-74)94-56-60-98-82(68-94)40-64-102-106(98)104-96-58-54-92(66-80(96)38-62-100(104)112-102)108(84-23-15-8-16-24-84)87-45-29-75(30-46-87)73-17-9-5-10-18-73/h7-8,13-16,21-70,73-74H,5-6,9-12,17-20H2,1-4H3. The summed E-state index contributed by atoms with van der Waals surface area (Å²) in [6, 6.07) is 122. The Morgan fingerprint density at radius 3 is 0.741 bits per heavy atom. The first-order chi connectivity index (χ1) is 55.1. The predicted molar refractivity (Wildman–Crippen MR) is 475 cm³/mol. The van der Waals surface area contributed by atoms with E-state index >= 15 is 0 Å². The van der Waals surface area contributed by atoms with Gasteiger partial charge in [-0.1, -0.05) is 224 Å². The lowest BCUT2D eigenvalue weighted by atomic mass is 9.84. The molecule has 0 aliphatic heterocycles. The summed E-state index contributed by atoms with van der Waals surface area (Å²) in [5.74, 6) is 2.13. The summed E-state index contributed by atoms with van der Waals surface area (Å²) in [4.78, 5) is 9.59. The Bertz CT molecular complexity index is 6490. The van der Waals surface area contributed by atoms with Crippen molar-refractivity contribution in [2.45, 2.75) is 116 Å². The summed E-state index contributed by atoms with van der Waals surface area (Å²) in [5.41, 5.74) is 24.7. The van der Waals surface area contributed by atoms with E-state index < -0.39 is 0 Å². The Hall–Kier alpha value is -12.6.